The second kappa shape index (κ2) is 9.85. The Morgan fingerprint density at radius 2 is 2.03 bits per heavy atom. The number of cyclic esters (lactones) is 1. The molecule has 0 saturated carbocycles. The van der Waals surface area contributed by atoms with Gasteiger partial charge >= 0.3 is 19.8 Å². The predicted molar refractivity (Wildman–Crippen MR) is 111 cm³/mol. The molecule has 0 aromatic heterocycles. The molecule has 1 aromatic rings. The van der Waals surface area contributed by atoms with E-state index in [1.165, 1.54) is 13.0 Å². The van der Waals surface area contributed by atoms with E-state index < -0.39 is 44.2 Å². The Morgan fingerprint density at radius 3 is 2.62 bits per heavy atom. The van der Waals surface area contributed by atoms with Crippen molar-refractivity contribution in [2.75, 3.05) is 49.2 Å². The van der Waals surface area contributed by atoms with E-state index in [-0.39, 0.29) is 18.7 Å². The number of nitrogens with zero attached hydrogens (tertiary/aromatic N) is 3. The van der Waals surface area contributed by atoms with Crippen molar-refractivity contribution < 1.29 is 42.2 Å². The quantitative estimate of drug-likeness (QED) is 0.591. The van der Waals surface area contributed by atoms with Crippen molar-refractivity contribution >= 4 is 37.1 Å². The molecule has 11 nitrogen and oxygen atoms in total. The monoisotopic (exact) mass is 473 g/mol. The highest BCUT2D eigenvalue weighted by Gasteiger charge is 2.41. The molecule has 3 rings (SSSR count). The Hall–Kier alpha value is -2.69. The second-order valence-electron chi connectivity index (χ2n) is 7.26. The molecule has 2 saturated heterocycles. The van der Waals surface area contributed by atoms with Gasteiger partial charge in [0, 0.05) is 26.4 Å². The SMILES string of the molecule is CCC(=O)OP(=O)(O)N(C[C@H]1CN(c2ccc(N3CCOCC3)c(F)c2)C(=O)O1)C(C)=O. The van der Waals surface area contributed by atoms with Crippen LogP contribution in [-0.2, 0) is 28.2 Å². The van der Waals surface area contributed by atoms with Gasteiger partial charge in [-0.3, -0.25) is 19.4 Å². The summed E-state index contributed by atoms with van der Waals surface area (Å²) >= 11 is 0. The van der Waals surface area contributed by atoms with Gasteiger partial charge in [-0.1, -0.05) is 6.92 Å². The van der Waals surface area contributed by atoms with E-state index in [1.54, 1.807) is 12.1 Å². The molecule has 176 valence electrons. The number of benzene rings is 1. The van der Waals surface area contributed by atoms with Crippen molar-refractivity contribution in [3.63, 3.8) is 0 Å². The lowest BCUT2D eigenvalue weighted by Gasteiger charge is -2.29. The summed E-state index contributed by atoms with van der Waals surface area (Å²) in [5.41, 5.74) is 0.633. The molecule has 1 unspecified atom stereocenters. The summed E-state index contributed by atoms with van der Waals surface area (Å²) in [6.45, 7) is 3.98. The molecule has 1 aromatic carbocycles. The van der Waals surface area contributed by atoms with Gasteiger partial charge in [-0.15, -0.1) is 0 Å². The number of rotatable bonds is 7. The largest absolute Gasteiger partial charge is 0.490 e. The van der Waals surface area contributed by atoms with Crippen LogP contribution in [0.4, 0.5) is 20.6 Å². The molecule has 32 heavy (non-hydrogen) atoms. The van der Waals surface area contributed by atoms with Crippen molar-refractivity contribution in [1.29, 1.82) is 0 Å². The molecule has 2 aliphatic heterocycles. The Kier molecular flexibility index (Phi) is 7.37. The minimum atomic E-state index is -4.78. The minimum Gasteiger partial charge on any atom is -0.442 e. The number of hydrogen-bond acceptors (Lipinski definition) is 8. The van der Waals surface area contributed by atoms with Gasteiger partial charge in [0.05, 0.1) is 37.7 Å². The van der Waals surface area contributed by atoms with Crippen molar-refractivity contribution in [2.24, 2.45) is 0 Å². The molecule has 2 atom stereocenters. The summed E-state index contributed by atoms with van der Waals surface area (Å²) in [5.74, 6) is -2.31. The van der Waals surface area contributed by atoms with Crippen LogP contribution in [0.5, 0.6) is 0 Å². The van der Waals surface area contributed by atoms with Crippen molar-refractivity contribution in [2.45, 2.75) is 26.4 Å². The summed E-state index contributed by atoms with van der Waals surface area (Å²) in [5, 5.41) is 0. The predicted octanol–water partition coefficient (Wildman–Crippen LogP) is 1.89. The molecule has 0 bridgehead atoms. The summed E-state index contributed by atoms with van der Waals surface area (Å²) < 4.78 is 42.5. The van der Waals surface area contributed by atoms with E-state index in [0.717, 1.165) is 11.8 Å². The molecule has 2 fully saturated rings. The molecule has 1 N–H and O–H groups in total. The van der Waals surface area contributed by atoms with Crippen LogP contribution < -0.4 is 9.80 Å². The third kappa shape index (κ3) is 5.37. The molecular weight excluding hydrogens is 448 g/mol. The maximum atomic E-state index is 14.7. The lowest BCUT2D eigenvalue weighted by atomic mass is 10.2. The lowest BCUT2D eigenvalue weighted by Crippen LogP contribution is -2.37. The Balaban J connectivity index is 1.71. The molecule has 0 radical (unpaired) electrons. The van der Waals surface area contributed by atoms with Gasteiger partial charge in [-0.25, -0.2) is 18.4 Å². The van der Waals surface area contributed by atoms with Gasteiger partial charge in [0.2, 0.25) is 5.91 Å². The number of hydrogen-bond donors (Lipinski definition) is 1. The van der Waals surface area contributed by atoms with Gasteiger partial charge < -0.3 is 18.9 Å². The van der Waals surface area contributed by atoms with Crippen LogP contribution in [-0.4, -0.2) is 73.0 Å². The average molecular weight is 473 g/mol. The number of ether oxygens (including phenoxy) is 2. The molecular formula is C19H25FN3O8P. The van der Waals surface area contributed by atoms with Gasteiger partial charge in [0.1, 0.15) is 11.9 Å². The fraction of sp³-hybridized carbons (Fsp3) is 0.526. The van der Waals surface area contributed by atoms with Crippen LogP contribution in [0.3, 0.4) is 0 Å². The van der Waals surface area contributed by atoms with Crippen LogP contribution >= 0.6 is 7.75 Å². The number of carbonyl (C=O) groups excluding carboxylic acids is 3. The number of halogens is 1. The van der Waals surface area contributed by atoms with Crippen LogP contribution in [0.2, 0.25) is 0 Å². The van der Waals surface area contributed by atoms with Gasteiger partial charge in [-0.2, -0.15) is 0 Å². The van der Waals surface area contributed by atoms with E-state index in [0.29, 0.717) is 36.7 Å². The van der Waals surface area contributed by atoms with Crippen molar-refractivity contribution in [1.82, 2.24) is 4.67 Å². The maximum absolute atomic E-state index is 14.7. The summed E-state index contributed by atoms with van der Waals surface area (Å²) in [6, 6.07) is 4.34. The Bertz CT molecular complexity index is 939. The van der Waals surface area contributed by atoms with Crippen molar-refractivity contribution in [3.8, 4) is 0 Å². The maximum Gasteiger partial charge on any atom is 0.490 e. The zero-order chi connectivity index (χ0) is 23.5. The lowest BCUT2D eigenvalue weighted by molar-refractivity contribution is -0.135. The fourth-order valence-corrected chi connectivity index (χ4v) is 4.64. The molecule has 2 aliphatic rings. The highest BCUT2D eigenvalue weighted by Crippen LogP contribution is 2.47. The first-order valence-electron chi connectivity index (χ1n) is 10.1. The highest BCUT2D eigenvalue weighted by atomic mass is 31.2. The number of morpholine rings is 1. The average Bonchev–Trinajstić information content (AvgIpc) is 3.12. The van der Waals surface area contributed by atoms with Crippen molar-refractivity contribution in [3.05, 3.63) is 24.0 Å². The van der Waals surface area contributed by atoms with E-state index in [1.807, 2.05) is 4.90 Å². The van der Waals surface area contributed by atoms with Crippen LogP contribution in [0, 0.1) is 5.82 Å². The van der Waals surface area contributed by atoms with E-state index in [4.69, 9.17) is 9.47 Å². The van der Waals surface area contributed by atoms with E-state index >= 15 is 0 Å². The number of amides is 2. The van der Waals surface area contributed by atoms with E-state index in [9.17, 15) is 28.2 Å². The third-order valence-electron chi connectivity index (χ3n) is 5.02. The Labute approximate surface area is 184 Å². The van der Waals surface area contributed by atoms with Gasteiger partial charge in [0.25, 0.3) is 0 Å². The van der Waals surface area contributed by atoms with Crippen LogP contribution in [0.15, 0.2) is 18.2 Å². The minimum absolute atomic E-state index is 0.0965. The molecule has 0 spiro atoms. The first-order valence-corrected chi connectivity index (χ1v) is 11.6. The smallest absolute Gasteiger partial charge is 0.442 e. The number of anilines is 2. The van der Waals surface area contributed by atoms with Gasteiger partial charge in [0.15, 0.2) is 0 Å². The summed E-state index contributed by atoms with van der Waals surface area (Å²) in [6.07, 6.45) is -1.95. The second-order valence-corrected chi connectivity index (χ2v) is 8.91. The summed E-state index contributed by atoms with van der Waals surface area (Å²) in [4.78, 5) is 48.7. The third-order valence-corrected chi connectivity index (χ3v) is 6.52. The standard InChI is InChI=1S/C19H25FN3O8P/c1-3-18(25)31-32(27,28)23(13(2)24)12-15-11-22(19(26)30-15)14-4-5-17(16(20)10-14)21-6-8-29-9-7-21/h4-5,10,15H,3,6-9,11-12H2,1-2H3,(H,27,28)/t15-/m1/s1. The van der Waals surface area contributed by atoms with Gasteiger partial charge in [-0.05, 0) is 18.2 Å². The molecule has 13 heteroatoms. The molecule has 2 heterocycles. The van der Waals surface area contributed by atoms with Crippen LogP contribution in [0.25, 0.3) is 0 Å². The first kappa shape index (κ1) is 24.0. The topological polar surface area (TPSA) is 126 Å². The zero-order valence-electron chi connectivity index (χ0n) is 17.7. The molecule has 0 aliphatic carbocycles. The number of carbonyl (C=O) groups is 3. The van der Waals surface area contributed by atoms with E-state index in [2.05, 4.69) is 4.52 Å². The Morgan fingerprint density at radius 1 is 1.34 bits per heavy atom. The zero-order valence-corrected chi connectivity index (χ0v) is 18.6. The van der Waals surface area contributed by atoms with Crippen LogP contribution in [0.1, 0.15) is 20.3 Å². The first-order chi connectivity index (χ1) is 15.1. The molecule has 2 amide bonds. The fourth-order valence-electron chi connectivity index (χ4n) is 3.40. The normalized spacial score (nSPS) is 20.5. The summed E-state index contributed by atoms with van der Waals surface area (Å²) in [7, 11) is -4.78. The highest BCUT2D eigenvalue weighted by molar-refractivity contribution is 7.51.